The molecule has 0 aromatic heterocycles. The van der Waals surface area contributed by atoms with E-state index in [1.165, 1.54) is 6.07 Å². The van der Waals surface area contributed by atoms with Gasteiger partial charge in [0.1, 0.15) is 0 Å². The van der Waals surface area contributed by atoms with E-state index in [2.05, 4.69) is 36.4 Å². The van der Waals surface area contributed by atoms with Crippen LogP contribution in [0.15, 0.2) is 18.2 Å². The summed E-state index contributed by atoms with van der Waals surface area (Å²) in [7, 11) is 3.84. The van der Waals surface area contributed by atoms with Crippen LogP contribution in [-0.2, 0) is 0 Å². The maximum absolute atomic E-state index is 10.9. The summed E-state index contributed by atoms with van der Waals surface area (Å²) in [5, 5.41) is 17.0. The number of benzene rings is 1. The van der Waals surface area contributed by atoms with Crippen molar-refractivity contribution < 1.29 is 4.92 Å². The molecule has 1 rings (SSSR count). The highest BCUT2D eigenvalue weighted by molar-refractivity contribution is 5.63. The molecule has 112 valence electrons. The van der Waals surface area contributed by atoms with Gasteiger partial charge >= 0.3 is 0 Å². The summed E-state index contributed by atoms with van der Waals surface area (Å²) in [5.41, 5.74) is 1.59. The quantitative estimate of drug-likeness (QED) is 0.566. The molecule has 1 unspecified atom stereocenters. The number of nitrogens with zero attached hydrogens (tertiary/aromatic N) is 2. The van der Waals surface area contributed by atoms with Crippen molar-refractivity contribution in [2.45, 2.75) is 26.3 Å². The fourth-order valence-corrected chi connectivity index (χ4v) is 1.87. The Morgan fingerprint density at radius 2 is 2.00 bits per heavy atom. The first kappa shape index (κ1) is 16.2. The maximum atomic E-state index is 10.9. The Morgan fingerprint density at radius 3 is 2.55 bits per heavy atom. The number of non-ortho nitro benzene ring substituents is 1. The van der Waals surface area contributed by atoms with E-state index >= 15 is 0 Å². The fourth-order valence-electron chi connectivity index (χ4n) is 1.87. The molecule has 0 heterocycles. The average molecular weight is 280 g/mol. The topological polar surface area (TPSA) is 70.4 Å². The number of anilines is 2. The number of nitro groups is 1. The van der Waals surface area contributed by atoms with Gasteiger partial charge in [-0.1, -0.05) is 6.92 Å². The van der Waals surface area contributed by atoms with Gasteiger partial charge in [-0.2, -0.15) is 0 Å². The van der Waals surface area contributed by atoms with Crippen molar-refractivity contribution in [3.63, 3.8) is 0 Å². The first-order chi connectivity index (χ1) is 9.47. The highest BCUT2D eigenvalue weighted by Gasteiger charge is 2.10. The second-order valence-corrected chi connectivity index (χ2v) is 4.94. The van der Waals surface area contributed by atoms with Crippen LogP contribution < -0.4 is 10.6 Å². The Labute approximate surface area is 120 Å². The lowest BCUT2D eigenvalue weighted by Crippen LogP contribution is -2.32. The summed E-state index contributed by atoms with van der Waals surface area (Å²) in [6, 6.07) is 5.49. The first-order valence-electron chi connectivity index (χ1n) is 6.89. The third-order valence-corrected chi connectivity index (χ3v) is 3.55. The van der Waals surface area contributed by atoms with Crippen LogP contribution in [0.4, 0.5) is 17.1 Å². The molecule has 6 heteroatoms. The molecule has 0 aliphatic carbocycles. The van der Waals surface area contributed by atoms with Crippen LogP contribution in [-0.4, -0.2) is 43.0 Å². The molecule has 6 nitrogen and oxygen atoms in total. The molecular weight excluding hydrogens is 256 g/mol. The first-order valence-corrected chi connectivity index (χ1v) is 6.89. The normalized spacial score (nSPS) is 12.2. The molecule has 0 aliphatic rings. The minimum Gasteiger partial charge on any atom is -0.388 e. The molecular formula is C14H24N4O2. The number of hydrogen-bond acceptors (Lipinski definition) is 5. The Bertz CT molecular complexity index is 451. The largest absolute Gasteiger partial charge is 0.388 e. The van der Waals surface area contributed by atoms with Crippen molar-refractivity contribution in [2.75, 3.05) is 37.8 Å². The van der Waals surface area contributed by atoms with Gasteiger partial charge in [0.05, 0.1) is 4.92 Å². The molecule has 1 atom stereocenters. The lowest BCUT2D eigenvalue weighted by atomic mass is 10.2. The van der Waals surface area contributed by atoms with Crippen LogP contribution in [0, 0.1) is 10.1 Å². The lowest BCUT2D eigenvalue weighted by molar-refractivity contribution is -0.384. The van der Waals surface area contributed by atoms with Crippen molar-refractivity contribution in [2.24, 2.45) is 0 Å². The van der Waals surface area contributed by atoms with E-state index in [9.17, 15) is 10.1 Å². The molecule has 1 aromatic rings. The minimum atomic E-state index is -0.378. The number of nitro benzene ring substituents is 1. The monoisotopic (exact) mass is 280 g/mol. The Kier molecular flexibility index (Phi) is 6.24. The van der Waals surface area contributed by atoms with Crippen molar-refractivity contribution >= 4 is 17.1 Å². The van der Waals surface area contributed by atoms with E-state index in [0.29, 0.717) is 6.04 Å². The van der Waals surface area contributed by atoms with E-state index in [1.807, 2.05) is 6.07 Å². The smallest absolute Gasteiger partial charge is 0.273 e. The van der Waals surface area contributed by atoms with Crippen LogP contribution in [0.2, 0.25) is 0 Å². The second-order valence-electron chi connectivity index (χ2n) is 4.94. The van der Waals surface area contributed by atoms with Gasteiger partial charge in [0.15, 0.2) is 0 Å². The van der Waals surface area contributed by atoms with E-state index in [1.54, 1.807) is 13.1 Å². The van der Waals surface area contributed by atoms with E-state index < -0.39 is 0 Å². The van der Waals surface area contributed by atoms with Crippen LogP contribution >= 0.6 is 0 Å². The second kappa shape index (κ2) is 7.69. The van der Waals surface area contributed by atoms with Crippen molar-refractivity contribution in [1.82, 2.24) is 4.90 Å². The van der Waals surface area contributed by atoms with E-state index in [0.717, 1.165) is 30.9 Å². The summed E-state index contributed by atoms with van der Waals surface area (Å²) in [4.78, 5) is 12.8. The van der Waals surface area contributed by atoms with Gasteiger partial charge in [-0.05, 0) is 26.5 Å². The number of hydrogen-bond donors (Lipinski definition) is 2. The van der Waals surface area contributed by atoms with Gasteiger partial charge in [0, 0.05) is 49.7 Å². The molecule has 0 aliphatic heterocycles. The van der Waals surface area contributed by atoms with Crippen LogP contribution in [0.25, 0.3) is 0 Å². The Morgan fingerprint density at radius 1 is 1.35 bits per heavy atom. The van der Waals surface area contributed by atoms with Gasteiger partial charge in [-0.3, -0.25) is 10.1 Å². The zero-order valence-corrected chi connectivity index (χ0v) is 12.6. The molecule has 0 bridgehead atoms. The van der Waals surface area contributed by atoms with E-state index in [-0.39, 0.29) is 10.6 Å². The van der Waals surface area contributed by atoms with Gasteiger partial charge in [0.25, 0.3) is 5.69 Å². The number of likely N-dealkylation sites (N-methyl/N-ethyl adjacent to an activating group) is 1. The molecule has 0 spiro atoms. The van der Waals surface area contributed by atoms with Crippen molar-refractivity contribution in [1.29, 1.82) is 0 Å². The van der Waals surface area contributed by atoms with Gasteiger partial charge in [0.2, 0.25) is 0 Å². The summed E-state index contributed by atoms with van der Waals surface area (Å²) in [5.74, 6) is 0. The fraction of sp³-hybridized carbons (Fsp3) is 0.571. The van der Waals surface area contributed by atoms with Crippen LogP contribution in [0.1, 0.15) is 20.3 Å². The van der Waals surface area contributed by atoms with Gasteiger partial charge in [-0.25, -0.2) is 0 Å². The Balaban J connectivity index is 2.63. The SMILES string of the molecule is CCC(C)N(C)CCNc1cc(NC)cc([N+](=O)[O-])c1. The summed E-state index contributed by atoms with van der Waals surface area (Å²) >= 11 is 0. The predicted octanol–water partition coefficient (Wildman–Crippen LogP) is 2.78. The molecule has 2 N–H and O–H groups in total. The third kappa shape index (κ3) is 4.70. The van der Waals surface area contributed by atoms with Crippen LogP contribution in [0.3, 0.4) is 0 Å². The average Bonchev–Trinajstić information content (AvgIpc) is 2.45. The standard InChI is InChI=1S/C14H24N4O2/c1-5-11(2)17(4)7-6-16-13-8-12(15-3)9-14(10-13)18(19)20/h8-11,15-16H,5-7H2,1-4H3. The lowest BCUT2D eigenvalue weighted by Gasteiger charge is -2.23. The maximum Gasteiger partial charge on any atom is 0.273 e. The van der Waals surface area contributed by atoms with E-state index in [4.69, 9.17) is 0 Å². The minimum absolute atomic E-state index is 0.0923. The molecule has 1 aromatic carbocycles. The molecule has 20 heavy (non-hydrogen) atoms. The highest BCUT2D eigenvalue weighted by atomic mass is 16.6. The van der Waals surface area contributed by atoms with Crippen molar-refractivity contribution in [3.05, 3.63) is 28.3 Å². The zero-order chi connectivity index (χ0) is 15.1. The van der Waals surface area contributed by atoms with Gasteiger partial charge < -0.3 is 15.5 Å². The number of rotatable bonds is 8. The summed E-state index contributed by atoms with van der Waals surface area (Å²) in [6.45, 7) is 6.00. The summed E-state index contributed by atoms with van der Waals surface area (Å²) < 4.78 is 0. The molecule has 0 saturated heterocycles. The predicted molar refractivity (Wildman–Crippen MR) is 83.5 cm³/mol. The highest BCUT2D eigenvalue weighted by Crippen LogP contribution is 2.23. The van der Waals surface area contributed by atoms with Crippen molar-refractivity contribution in [3.8, 4) is 0 Å². The molecule has 0 radical (unpaired) electrons. The number of nitrogens with one attached hydrogen (secondary N) is 2. The summed E-state index contributed by atoms with van der Waals surface area (Å²) in [6.07, 6.45) is 1.11. The van der Waals surface area contributed by atoms with Gasteiger partial charge in [-0.15, -0.1) is 0 Å². The molecule has 0 saturated carbocycles. The molecule has 0 fully saturated rings. The molecule has 0 amide bonds. The third-order valence-electron chi connectivity index (χ3n) is 3.55. The van der Waals surface area contributed by atoms with Crippen LogP contribution in [0.5, 0.6) is 0 Å². The zero-order valence-electron chi connectivity index (χ0n) is 12.6. The Hall–Kier alpha value is -1.82.